The zero-order chi connectivity index (χ0) is 15.1. The van der Waals surface area contributed by atoms with E-state index in [9.17, 15) is 4.79 Å². The number of benzene rings is 2. The van der Waals surface area contributed by atoms with Gasteiger partial charge in [-0.1, -0.05) is 18.2 Å². The molecule has 0 aliphatic heterocycles. The maximum Gasteiger partial charge on any atom is 0.224 e. The van der Waals surface area contributed by atoms with Gasteiger partial charge in [-0.3, -0.25) is 4.79 Å². The van der Waals surface area contributed by atoms with E-state index < -0.39 is 0 Å². The van der Waals surface area contributed by atoms with Crippen molar-refractivity contribution in [1.82, 2.24) is 0 Å². The highest BCUT2D eigenvalue weighted by Gasteiger charge is 2.04. The molecule has 0 saturated carbocycles. The molecule has 4 nitrogen and oxygen atoms in total. The van der Waals surface area contributed by atoms with Gasteiger partial charge in [0.1, 0.15) is 0 Å². The molecule has 0 atom stereocenters. The molecule has 2 rings (SSSR count). The molecule has 0 unspecified atom stereocenters. The van der Waals surface area contributed by atoms with E-state index in [2.05, 4.69) is 22.3 Å². The molecule has 4 heteroatoms. The molecule has 110 valence electrons. The molecule has 0 bridgehead atoms. The number of carbonyl (C=O) groups excluding carboxylic acids is 1. The molecular weight excluding hydrogens is 262 g/mol. The van der Waals surface area contributed by atoms with Gasteiger partial charge in [-0.2, -0.15) is 0 Å². The van der Waals surface area contributed by atoms with Gasteiger partial charge in [-0.25, -0.2) is 0 Å². The van der Waals surface area contributed by atoms with Crippen molar-refractivity contribution in [3.63, 3.8) is 0 Å². The first-order chi connectivity index (χ1) is 10.1. The minimum Gasteiger partial charge on any atom is -0.399 e. The number of para-hydroxylation sites is 1. The van der Waals surface area contributed by atoms with Crippen LogP contribution >= 0.6 is 0 Å². The summed E-state index contributed by atoms with van der Waals surface area (Å²) >= 11 is 0. The van der Waals surface area contributed by atoms with Crippen molar-refractivity contribution in [2.45, 2.75) is 12.8 Å². The molecule has 2 aromatic carbocycles. The number of nitrogens with zero attached hydrogens (tertiary/aromatic N) is 1. The molecule has 0 aromatic heterocycles. The second-order valence-electron chi connectivity index (χ2n) is 5.03. The van der Waals surface area contributed by atoms with Crippen LogP contribution < -0.4 is 16.0 Å². The molecule has 21 heavy (non-hydrogen) atoms. The third-order valence-electron chi connectivity index (χ3n) is 3.29. The first-order valence-electron chi connectivity index (χ1n) is 7.07. The standard InChI is InChI=1S/C17H21N3O/c1-20(16-6-3-2-4-7-16)13-5-8-17(21)19-15-11-9-14(18)10-12-15/h2-4,6-7,9-12H,5,8,13,18H2,1H3,(H,19,21). The Morgan fingerprint density at radius 3 is 2.43 bits per heavy atom. The van der Waals surface area contributed by atoms with Gasteiger partial charge in [0, 0.05) is 37.1 Å². The van der Waals surface area contributed by atoms with E-state index in [0.717, 1.165) is 24.3 Å². The molecule has 0 heterocycles. The number of hydrogen-bond donors (Lipinski definition) is 2. The summed E-state index contributed by atoms with van der Waals surface area (Å²) in [5.74, 6) is 0.0289. The van der Waals surface area contributed by atoms with E-state index >= 15 is 0 Å². The third-order valence-corrected chi connectivity index (χ3v) is 3.29. The first kappa shape index (κ1) is 14.9. The van der Waals surface area contributed by atoms with Crippen LogP contribution in [0.1, 0.15) is 12.8 Å². The number of rotatable bonds is 6. The number of hydrogen-bond acceptors (Lipinski definition) is 3. The van der Waals surface area contributed by atoms with Gasteiger partial charge in [0.2, 0.25) is 5.91 Å². The number of anilines is 3. The largest absolute Gasteiger partial charge is 0.399 e. The van der Waals surface area contributed by atoms with Crippen molar-refractivity contribution >= 4 is 23.0 Å². The van der Waals surface area contributed by atoms with Crippen LogP contribution in [0.4, 0.5) is 17.1 Å². The Bertz CT molecular complexity index is 566. The van der Waals surface area contributed by atoms with Crippen molar-refractivity contribution in [3.8, 4) is 0 Å². The lowest BCUT2D eigenvalue weighted by Crippen LogP contribution is -2.20. The lowest BCUT2D eigenvalue weighted by atomic mass is 10.2. The minimum absolute atomic E-state index is 0.0289. The summed E-state index contributed by atoms with van der Waals surface area (Å²) in [6.07, 6.45) is 1.31. The number of nitrogens with one attached hydrogen (secondary N) is 1. The molecule has 0 spiro atoms. The van der Waals surface area contributed by atoms with Crippen LogP contribution in [-0.4, -0.2) is 19.5 Å². The van der Waals surface area contributed by atoms with E-state index in [1.807, 2.05) is 37.4 Å². The molecule has 2 aromatic rings. The minimum atomic E-state index is 0.0289. The van der Waals surface area contributed by atoms with Crippen LogP contribution in [-0.2, 0) is 4.79 Å². The van der Waals surface area contributed by atoms with Gasteiger partial charge in [-0.15, -0.1) is 0 Å². The first-order valence-corrected chi connectivity index (χ1v) is 7.07. The Kier molecular flexibility index (Phi) is 5.21. The Hall–Kier alpha value is -2.49. The predicted octanol–water partition coefficient (Wildman–Crippen LogP) is 3.12. The number of amides is 1. The third kappa shape index (κ3) is 4.84. The fourth-order valence-electron chi connectivity index (χ4n) is 2.08. The van der Waals surface area contributed by atoms with Crippen LogP contribution in [0.3, 0.4) is 0 Å². The highest BCUT2D eigenvalue weighted by molar-refractivity contribution is 5.90. The van der Waals surface area contributed by atoms with Crippen LogP contribution in [0, 0.1) is 0 Å². The number of nitrogens with two attached hydrogens (primary N) is 1. The summed E-state index contributed by atoms with van der Waals surface area (Å²) < 4.78 is 0. The summed E-state index contributed by atoms with van der Waals surface area (Å²) in [7, 11) is 2.03. The Balaban J connectivity index is 1.73. The molecule has 1 amide bonds. The Morgan fingerprint density at radius 2 is 1.76 bits per heavy atom. The van der Waals surface area contributed by atoms with E-state index in [0.29, 0.717) is 12.1 Å². The molecule has 0 aliphatic rings. The monoisotopic (exact) mass is 283 g/mol. The fourth-order valence-corrected chi connectivity index (χ4v) is 2.08. The second-order valence-corrected chi connectivity index (χ2v) is 5.03. The van der Waals surface area contributed by atoms with E-state index in [-0.39, 0.29) is 5.91 Å². The average molecular weight is 283 g/mol. The van der Waals surface area contributed by atoms with Gasteiger partial charge in [-0.05, 0) is 42.8 Å². The molecular formula is C17H21N3O. The molecule has 0 fully saturated rings. The van der Waals surface area contributed by atoms with Crippen molar-refractivity contribution in [1.29, 1.82) is 0 Å². The lowest BCUT2D eigenvalue weighted by Gasteiger charge is -2.18. The summed E-state index contributed by atoms with van der Waals surface area (Å²) in [6.45, 7) is 0.846. The van der Waals surface area contributed by atoms with Crippen molar-refractivity contribution < 1.29 is 4.79 Å². The van der Waals surface area contributed by atoms with Gasteiger partial charge < -0.3 is 16.0 Å². The topological polar surface area (TPSA) is 58.4 Å². The highest BCUT2D eigenvalue weighted by atomic mass is 16.1. The average Bonchev–Trinajstić information content (AvgIpc) is 2.50. The molecule has 3 N–H and O–H groups in total. The van der Waals surface area contributed by atoms with Crippen molar-refractivity contribution in [3.05, 3.63) is 54.6 Å². The summed E-state index contributed by atoms with van der Waals surface area (Å²) in [6, 6.07) is 17.3. The van der Waals surface area contributed by atoms with Gasteiger partial charge >= 0.3 is 0 Å². The van der Waals surface area contributed by atoms with Crippen LogP contribution in [0.5, 0.6) is 0 Å². The van der Waals surface area contributed by atoms with Crippen LogP contribution in [0.2, 0.25) is 0 Å². The van der Waals surface area contributed by atoms with Crippen molar-refractivity contribution in [2.75, 3.05) is 29.5 Å². The molecule has 0 saturated heterocycles. The van der Waals surface area contributed by atoms with E-state index in [1.54, 1.807) is 12.1 Å². The quantitative estimate of drug-likeness (QED) is 0.801. The van der Waals surface area contributed by atoms with Crippen molar-refractivity contribution in [2.24, 2.45) is 0 Å². The van der Waals surface area contributed by atoms with E-state index in [1.165, 1.54) is 0 Å². The number of nitrogen functional groups attached to an aromatic ring is 1. The summed E-state index contributed by atoms with van der Waals surface area (Å²) in [5.41, 5.74) is 8.25. The van der Waals surface area contributed by atoms with Crippen LogP contribution in [0.15, 0.2) is 54.6 Å². The zero-order valence-electron chi connectivity index (χ0n) is 12.3. The van der Waals surface area contributed by atoms with Gasteiger partial charge in [0.25, 0.3) is 0 Å². The molecule has 0 radical (unpaired) electrons. The van der Waals surface area contributed by atoms with Gasteiger partial charge in [0.15, 0.2) is 0 Å². The second kappa shape index (κ2) is 7.33. The summed E-state index contributed by atoms with van der Waals surface area (Å²) in [4.78, 5) is 14.0. The van der Waals surface area contributed by atoms with E-state index in [4.69, 9.17) is 5.73 Å². The maximum absolute atomic E-state index is 11.9. The molecule has 0 aliphatic carbocycles. The van der Waals surface area contributed by atoms with Crippen LogP contribution in [0.25, 0.3) is 0 Å². The predicted molar refractivity (Wildman–Crippen MR) is 88.4 cm³/mol. The smallest absolute Gasteiger partial charge is 0.224 e. The SMILES string of the molecule is CN(CCCC(=O)Nc1ccc(N)cc1)c1ccccc1. The van der Waals surface area contributed by atoms with Gasteiger partial charge in [0.05, 0.1) is 0 Å². The lowest BCUT2D eigenvalue weighted by molar-refractivity contribution is -0.116. The maximum atomic E-state index is 11.9. The highest BCUT2D eigenvalue weighted by Crippen LogP contribution is 2.13. The number of carbonyl (C=O) groups is 1. The Labute approximate surface area is 125 Å². The normalized spacial score (nSPS) is 10.1. The fraction of sp³-hybridized carbons (Fsp3) is 0.235. The zero-order valence-corrected chi connectivity index (χ0v) is 12.3. The Morgan fingerprint density at radius 1 is 1.10 bits per heavy atom. The summed E-state index contributed by atoms with van der Waals surface area (Å²) in [5, 5.41) is 2.87.